The zero-order valence-corrected chi connectivity index (χ0v) is 10.6. The van der Waals surface area contributed by atoms with E-state index >= 15 is 0 Å². The Morgan fingerprint density at radius 3 is 2.73 bits per heavy atom. The van der Waals surface area contributed by atoms with Crippen LogP contribution in [0.5, 0.6) is 0 Å². The van der Waals surface area contributed by atoms with Gasteiger partial charge in [-0.2, -0.15) is 0 Å². The minimum Gasteiger partial charge on any atom is -0.390 e. The van der Waals surface area contributed by atoms with E-state index in [1.165, 1.54) is 19.3 Å². The lowest BCUT2D eigenvalue weighted by Gasteiger charge is -2.36. The lowest BCUT2D eigenvalue weighted by molar-refractivity contribution is -0.0203. The van der Waals surface area contributed by atoms with E-state index in [-0.39, 0.29) is 0 Å². The Bertz CT molecular complexity index is 171. The van der Waals surface area contributed by atoms with Crippen LogP contribution in [0.3, 0.4) is 0 Å². The monoisotopic (exact) mass is 213 g/mol. The van der Waals surface area contributed by atoms with Crippen molar-refractivity contribution in [3.05, 3.63) is 0 Å². The molecule has 1 fully saturated rings. The normalized spacial score (nSPS) is 26.6. The van der Waals surface area contributed by atoms with Gasteiger partial charge in [0.25, 0.3) is 0 Å². The molecule has 1 saturated heterocycles. The first-order valence-electron chi connectivity index (χ1n) is 6.45. The van der Waals surface area contributed by atoms with Crippen LogP contribution in [0.15, 0.2) is 0 Å². The van der Waals surface area contributed by atoms with Crippen molar-refractivity contribution in [2.75, 3.05) is 13.1 Å². The predicted octanol–water partition coefficient (Wildman–Crippen LogP) is 2.56. The third-order valence-corrected chi connectivity index (χ3v) is 3.64. The maximum Gasteiger partial charge on any atom is 0.0659 e. The summed E-state index contributed by atoms with van der Waals surface area (Å²) in [6.07, 6.45) is 5.74. The molecule has 2 heteroatoms. The van der Waals surface area contributed by atoms with Gasteiger partial charge in [-0.3, -0.25) is 0 Å². The molecule has 1 rings (SSSR count). The fraction of sp³-hybridized carbons (Fsp3) is 1.00. The molecule has 90 valence electrons. The van der Waals surface area contributed by atoms with Crippen LogP contribution in [0.1, 0.15) is 52.9 Å². The van der Waals surface area contributed by atoms with Gasteiger partial charge in [0.15, 0.2) is 0 Å². The average Bonchev–Trinajstić information content (AvgIpc) is 2.18. The Balaban J connectivity index is 2.29. The van der Waals surface area contributed by atoms with Crippen molar-refractivity contribution in [2.45, 2.75) is 58.5 Å². The van der Waals surface area contributed by atoms with Crippen LogP contribution in [-0.4, -0.2) is 23.8 Å². The molecule has 0 spiro atoms. The third-order valence-electron chi connectivity index (χ3n) is 3.64. The zero-order chi connectivity index (χ0) is 11.3. The Morgan fingerprint density at radius 2 is 2.20 bits per heavy atom. The number of rotatable bonds is 5. The van der Waals surface area contributed by atoms with Crippen molar-refractivity contribution in [3.8, 4) is 0 Å². The molecule has 0 bridgehead atoms. The molecule has 0 aromatic carbocycles. The molecule has 2 nitrogen and oxygen atoms in total. The van der Waals surface area contributed by atoms with Crippen molar-refractivity contribution >= 4 is 0 Å². The maximum absolute atomic E-state index is 10.4. The van der Waals surface area contributed by atoms with Crippen molar-refractivity contribution in [3.63, 3.8) is 0 Å². The van der Waals surface area contributed by atoms with Crippen LogP contribution < -0.4 is 5.32 Å². The summed E-state index contributed by atoms with van der Waals surface area (Å²) in [6.45, 7) is 8.63. The van der Waals surface area contributed by atoms with Gasteiger partial charge in [-0.25, -0.2) is 0 Å². The van der Waals surface area contributed by atoms with Crippen LogP contribution in [0.25, 0.3) is 0 Å². The summed E-state index contributed by atoms with van der Waals surface area (Å²) in [6, 6.07) is 0. The van der Waals surface area contributed by atoms with Gasteiger partial charge in [-0.15, -0.1) is 0 Å². The second-order valence-corrected chi connectivity index (χ2v) is 5.69. The average molecular weight is 213 g/mol. The van der Waals surface area contributed by atoms with E-state index in [2.05, 4.69) is 19.2 Å². The fourth-order valence-corrected chi connectivity index (χ4v) is 2.45. The van der Waals surface area contributed by atoms with Gasteiger partial charge < -0.3 is 10.4 Å². The van der Waals surface area contributed by atoms with Crippen LogP contribution in [0.4, 0.5) is 0 Å². The molecule has 1 aliphatic rings. The summed E-state index contributed by atoms with van der Waals surface area (Å²) in [5, 5.41) is 13.8. The number of hydrogen-bond acceptors (Lipinski definition) is 2. The van der Waals surface area contributed by atoms with Gasteiger partial charge in [-0.1, -0.05) is 26.7 Å². The van der Waals surface area contributed by atoms with Crippen LogP contribution in [0, 0.1) is 11.8 Å². The number of nitrogens with one attached hydrogen (secondary N) is 1. The molecule has 0 aliphatic carbocycles. The molecule has 1 heterocycles. The molecular weight excluding hydrogens is 186 g/mol. The quantitative estimate of drug-likeness (QED) is 0.735. The highest BCUT2D eigenvalue weighted by Gasteiger charge is 2.31. The lowest BCUT2D eigenvalue weighted by Crippen LogP contribution is -2.44. The molecule has 0 radical (unpaired) electrons. The predicted molar refractivity (Wildman–Crippen MR) is 64.9 cm³/mol. The Kier molecular flexibility index (Phi) is 5.07. The summed E-state index contributed by atoms with van der Waals surface area (Å²) in [5.41, 5.74) is -0.456. The summed E-state index contributed by atoms with van der Waals surface area (Å²) < 4.78 is 0. The van der Waals surface area contributed by atoms with Crippen LogP contribution >= 0.6 is 0 Å². The molecular formula is C13H27NO. The first kappa shape index (κ1) is 13.0. The van der Waals surface area contributed by atoms with E-state index in [1.807, 2.05) is 6.92 Å². The summed E-state index contributed by atoms with van der Waals surface area (Å²) >= 11 is 0. The van der Waals surface area contributed by atoms with Gasteiger partial charge in [0.1, 0.15) is 0 Å². The minimum absolute atomic E-state index is 0.456. The van der Waals surface area contributed by atoms with E-state index in [9.17, 15) is 5.11 Å². The Morgan fingerprint density at radius 1 is 1.47 bits per heavy atom. The maximum atomic E-state index is 10.4. The summed E-state index contributed by atoms with van der Waals surface area (Å²) in [7, 11) is 0. The van der Waals surface area contributed by atoms with E-state index in [4.69, 9.17) is 0 Å². The van der Waals surface area contributed by atoms with Gasteiger partial charge >= 0.3 is 0 Å². The second-order valence-electron chi connectivity index (χ2n) is 5.69. The van der Waals surface area contributed by atoms with E-state index < -0.39 is 5.60 Å². The molecule has 2 atom stereocenters. The van der Waals surface area contributed by atoms with Crippen molar-refractivity contribution in [1.82, 2.24) is 5.32 Å². The highest BCUT2D eigenvalue weighted by Crippen LogP contribution is 2.29. The number of piperidine rings is 1. The third kappa shape index (κ3) is 4.52. The van der Waals surface area contributed by atoms with Crippen LogP contribution in [-0.2, 0) is 0 Å². The molecule has 15 heavy (non-hydrogen) atoms. The summed E-state index contributed by atoms with van der Waals surface area (Å²) in [4.78, 5) is 0. The highest BCUT2D eigenvalue weighted by atomic mass is 16.3. The largest absolute Gasteiger partial charge is 0.390 e. The SMILES string of the molecule is CC(C)CCCC(C)(O)C1CCCNC1. The first-order chi connectivity index (χ1) is 7.02. The van der Waals surface area contributed by atoms with Gasteiger partial charge in [0.2, 0.25) is 0 Å². The fourth-order valence-electron chi connectivity index (χ4n) is 2.45. The second kappa shape index (κ2) is 5.86. The van der Waals surface area contributed by atoms with Gasteiger partial charge in [0, 0.05) is 6.54 Å². The molecule has 2 unspecified atom stereocenters. The lowest BCUT2D eigenvalue weighted by atomic mass is 9.80. The molecule has 2 N–H and O–H groups in total. The minimum atomic E-state index is -0.456. The topological polar surface area (TPSA) is 32.3 Å². The van der Waals surface area contributed by atoms with E-state index in [0.717, 1.165) is 31.8 Å². The van der Waals surface area contributed by atoms with Crippen molar-refractivity contribution in [2.24, 2.45) is 11.8 Å². The van der Waals surface area contributed by atoms with E-state index in [0.29, 0.717) is 5.92 Å². The zero-order valence-electron chi connectivity index (χ0n) is 10.6. The van der Waals surface area contributed by atoms with Crippen LogP contribution in [0.2, 0.25) is 0 Å². The molecule has 0 amide bonds. The highest BCUT2D eigenvalue weighted by molar-refractivity contribution is 4.85. The number of aliphatic hydroxyl groups is 1. The van der Waals surface area contributed by atoms with Crippen molar-refractivity contribution in [1.29, 1.82) is 0 Å². The molecule has 0 aromatic heterocycles. The Hall–Kier alpha value is -0.0800. The first-order valence-corrected chi connectivity index (χ1v) is 6.45. The molecule has 1 aliphatic heterocycles. The smallest absolute Gasteiger partial charge is 0.0659 e. The van der Waals surface area contributed by atoms with E-state index in [1.54, 1.807) is 0 Å². The van der Waals surface area contributed by atoms with Gasteiger partial charge in [0.05, 0.1) is 5.60 Å². The summed E-state index contributed by atoms with van der Waals surface area (Å²) in [5.74, 6) is 1.21. The van der Waals surface area contributed by atoms with Crippen molar-refractivity contribution < 1.29 is 5.11 Å². The molecule has 0 aromatic rings. The standard InChI is InChI=1S/C13H27NO/c1-11(2)6-4-8-13(3,15)12-7-5-9-14-10-12/h11-12,14-15H,4-10H2,1-3H3. The van der Waals surface area contributed by atoms with Gasteiger partial charge in [-0.05, 0) is 44.6 Å². The Labute approximate surface area is 94.5 Å². The molecule has 0 saturated carbocycles. The number of hydrogen-bond donors (Lipinski definition) is 2.